The molecule has 0 atom stereocenters. The number of carbonyl (C=O) groups excluding carboxylic acids is 2. The second-order valence-corrected chi connectivity index (χ2v) is 6.59. The van der Waals surface area contributed by atoms with Crippen LogP contribution in [0.3, 0.4) is 0 Å². The van der Waals surface area contributed by atoms with Gasteiger partial charge in [0.25, 0.3) is 5.91 Å². The number of hydrogen-bond acceptors (Lipinski definition) is 4. The van der Waals surface area contributed by atoms with E-state index in [1.807, 2.05) is 32.0 Å². The molecule has 0 aliphatic carbocycles. The monoisotopic (exact) mass is 396 g/mol. The highest BCUT2D eigenvalue weighted by Crippen LogP contribution is 2.29. The average molecular weight is 396 g/mol. The van der Waals surface area contributed by atoms with E-state index in [0.717, 1.165) is 12.0 Å². The van der Waals surface area contributed by atoms with Crippen LogP contribution in [-0.2, 0) is 4.79 Å². The molecule has 2 aromatic rings. The van der Waals surface area contributed by atoms with Gasteiger partial charge in [-0.15, -0.1) is 0 Å². The lowest BCUT2D eigenvalue weighted by molar-refractivity contribution is -0.111. The maximum Gasteiger partial charge on any atom is 0.253 e. The standard InChI is InChI=1S/C23H28N2O4/c1-5-15-29-20-13-7-17(16-21(20)28-6-2)8-14-22(26)24-19-11-9-18(10-12-19)23(27)25(3)4/h7-14,16H,5-6,15H2,1-4H3,(H,24,26)/b14-8+. The second-order valence-electron chi connectivity index (χ2n) is 6.59. The van der Waals surface area contributed by atoms with Gasteiger partial charge in [-0.1, -0.05) is 13.0 Å². The van der Waals surface area contributed by atoms with Crippen molar-refractivity contribution in [3.8, 4) is 11.5 Å². The molecule has 0 aliphatic rings. The summed E-state index contributed by atoms with van der Waals surface area (Å²) in [5, 5.41) is 2.78. The smallest absolute Gasteiger partial charge is 0.253 e. The van der Waals surface area contributed by atoms with Crippen molar-refractivity contribution in [2.24, 2.45) is 0 Å². The Balaban J connectivity index is 2.02. The van der Waals surface area contributed by atoms with Gasteiger partial charge in [0.1, 0.15) is 0 Å². The van der Waals surface area contributed by atoms with Crippen molar-refractivity contribution in [3.05, 3.63) is 59.7 Å². The number of hydrogen-bond donors (Lipinski definition) is 1. The summed E-state index contributed by atoms with van der Waals surface area (Å²) in [5.41, 5.74) is 2.02. The van der Waals surface area contributed by atoms with Gasteiger partial charge < -0.3 is 19.7 Å². The number of amides is 2. The van der Waals surface area contributed by atoms with Crippen LogP contribution in [0, 0.1) is 0 Å². The van der Waals surface area contributed by atoms with Crippen molar-refractivity contribution in [3.63, 3.8) is 0 Å². The summed E-state index contributed by atoms with van der Waals surface area (Å²) in [5.74, 6) is 1.01. The summed E-state index contributed by atoms with van der Waals surface area (Å²) < 4.78 is 11.3. The van der Waals surface area contributed by atoms with Crippen molar-refractivity contribution in [2.75, 3.05) is 32.6 Å². The Kier molecular flexibility index (Phi) is 8.27. The van der Waals surface area contributed by atoms with Crippen LogP contribution in [-0.4, -0.2) is 44.0 Å². The van der Waals surface area contributed by atoms with Crippen LogP contribution in [0.5, 0.6) is 11.5 Å². The van der Waals surface area contributed by atoms with Gasteiger partial charge in [-0.05, 0) is 61.4 Å². The van der Waals surface area contributed by atoms with Gasteiger partial charge in [0.15, 0.2) is 11.5 Å². The van der Waals surface area contributed by atoms with Gasteiger partial charge in [0.2, 0.25) is 5.91 Å². The topological polar surface area (TPSA) is 67.9 Å². The highest BCUT2D eigenvalue weighted by Gasteiger charge is 2.08. The first-order valence-corrected chi connectivity index (χ1v) is 9.65. The molecular weight excluding hydrogens is 368 g/mol. The Labute approximate surface area is 172 Å². The maximum absolute atomic E-state index is 12.2. The van der Waals surface area contributed by atoms with E-state index in [1.165, 1.54) is 11.0 Å². The molecule has 6 nitrogen and oxygen atoms in total. The van der Waals surface area contributed by atoms with Gasteiger partial charge in [-0.3, -0.25) is 9.59 Å². The second kappa shape index (κ2) is 10.9. The maximum atomic E-state index is 12.2. The van der Waals surface area contributed by atoms with Gasteiger partial charge in [-0.25, -0.2) is 0 Å². The largest absolute Gasteiger partial charge is 0.490 e. The Bertz CT molecular complexity index is 858. The van der Waals surface area contributed by atoms with Gasteiger partial charge in [-0.2, -0.15) is 0 Å². The van der Waals surface area contributed by atoms with Gasteiger partial charge >= 0.3 is 0 Å². The molecule has 2 rings (SSSR count). The van der Waals surface area contributed by atoms with Crippen LogP contribution in [0.1, 0.15) is 36.2 Å². The number of nitrogens with zero attached hydrogens (tertiary/aromatic N) is 1. The predicted molar refractivity (Wildman–Crippen MR) is 116 cm³/mol. The Morgan fingerprint density at radius 1 is 1.00 bits per heavy atom. The van der Waals surface area contributed by atoms with Gasteiger partial charge in [0, 0.05) is 31.4 Å². The highest BCUT2D eigenvalue weighted by molar-refractivity contribution is 6.02. The predicted octanol–water partition coefficient (Wildman–Crippen LogP) is 4.23. The van der Waals surface area contributed by atoms with Crippen molar-refractivity contribution < 1.29 is 19.1 Å². The highest BCUT2D eigenvalue weighted by atomic mass is 16.5. The Morgan fingerprint density at radius 3 is 2.34 bits per heavy atom. The Hall–Kier alpha value is -3.28. The van der Waals surface area contributed by atoms with E-state index < -0.39 is 0 Å². The first-order valence-electron chi connectivity index (χ1n) is 9.65. The number of ether oxygens (including phenoxy) is 2. The molecule has 0 spiro atoms. The molecule has 0 aliphatic heterocycles. The van der Waals surface area contributed by atoms with Crippen LogP contribution in [0.25, 0.3) is 6.08 Å². The first kappa shape index (κ1) is 22.0. The summed E-state index contributed by atoms with van der Waals surface area (Å²) >= 11 is 0. The van der Waals surface area contributed by atoms with E-state index in [0.29, 0.717) is 36.0 Å². The number of benzene rings is 2. The van der Waals surface area contributed by atoms with E-state index in [1.54, 1.807) is 44.4 Å². The van der Waals surface area contributed by atoms with Crippen molar-refractivity contribution in [2.45, 2.75) is 20.3 Å². The molecule has 6 heteroatoms. The van der Waals surface area contributed by atoms with Crippen LogP contribution in [0.4, 0.5) is 5.69 Å². The van der Waals surface area contributed by atoms with E-state index in [-0.39, 0.29) is 11.8 Å². The molecular formula is C23H28N2O4. The fourth-order valence-corrected chi connectivity index (χ4v) is 2.54. The summed E-state index contributed by atoms with van der Waals surface area (Å²) in [6.45, 7) is 5.11. The molecule has 0 bridgehead atoms. The van der Waals surface area contributed by atoms with E-state index in [4.69, 9.17) is 9.47 Å². The molecule has 0 aromatic heterocycles. The molecule has 29 heavy (non-hydrogen) atoms. The number of rotatable bonds is 9. The molecule has 0 heterocycles. The zero-order valence-corrected chi connectivity index (χ0v) is 17.4. The minimum atomic E-state index is -0.263. The van der Waals surface area contributed by atoms with Crippen molar-refractivity contribution >= 4 is 23.6 Å². The molecule has 0 radical (unpaired) electrons. The van der Waals surface area contributed by atoms with Gasteiger partial charge in [0.05, 0.1) is 13.2 Å². The molecule has 1 N–H and O–H groups in total. The van der Waals surface area contributed by atoms with Crippen LogP contribution in [0.15, 0.2) is 48.5 Å². The lowest BCUT2D eigenvalue weighted by Crippen LogP contribution is -2.21. The zero-order chi connectivity index (χ0) is 21.2. The van der Waals surface area contributed by atoms with E-state index in [9.17, 15) is 9.59 Å². The molecule has 154 valence electrons. The molecule has 0 fully saturated rings. The van der Waals surface area contributed by atoms with Crippen molar-refractivity contribution in [1.82, 2.24) is 4.90 Å². The third-order valence-electron chi connectivity index (χ3n) is 3.96. The third-order valence-corrected chi connectivity index (χ3v) is 3.96. The number of anilines is 1. The average Bonchev–Trinajstić information content (AvgIpc) is 2.71. The molecule has 0 saturated heterocycles. The zero-order valence-electron chi connectivity index (χ0n) is 17.4. The normalized spacial score (nSPS) is 10.6. The number of nitrogens with one attached hydrogen (secondary N) is 1. The molecule has 2 amide bonds. The number of carbonyl (C=O) groups is 2. The third kappa shape index (κ3) is 6.68. The molecule has 0 unspecified atom stereocenters. The van der Waals surface area contributed by atoms with Crippen LogP contribution >= 0.6 is 0 Å². The Morgan fingerprint density at radius 2 is 1.72 bits per heavy atom. The van der Waals surface area contributed by atoms with E-state index in [2.05, 4.69) is 5.32 Å². The SMILES string of the molecule is CCCOc1ccc(/C=C/C(=O)Nc2ccc(C(=O)N(C)C)cc2)cc1OCC. The van der Waals surface area contributed by atoms with E-state index >= 15 is 0 Å². The quantitative estimate of drug-likeness (QED) is 0.644. The molecule has 2 aromatic carbocycles. The van der Waals surface area contributed by atoms with Crippen LogP contribution in [0.2, 0.25) is 0 Å². The van der Waals surface area contributed by atoms with Crippen molar-refractivity contribution in [1.29, 1.82) is 0 Å². The van der Waals surface area contributed by atoms with Crippen LogP contribution < -0.4 is 14.8 Å². The first-order chi connectivity index (χ1) is 13.9. The summed E-state index contributed by atoms with van der Waals surface area (Å²) in [4.78, 5) is 25.6. The fourth-order valence-electron chi connectivity index (χ4n) is 2.54. The fraction of sp³-hybridized carbons (Fsp3) is 0.304. The summed E-state index contributed by atoms with van der Waals surface area (Å²) in [6.07, 6.45) is 4.08. The minimum Gasteiger partial charge on any atom is -0.490 e. The lowest BCUT2D eigenvalue weighted by atomic mass is 10.1. The summed E-state index contributed by atoms with van der Waals surface area (Å²) in [6, 6.07) is 12.3. The minimum absolute atomic E-state index is 0.0840. The lowest BCUT2D eigenvalue weighted by Gasteiger charge is -2.12. The molecule has 0 saturated carbocycles. The summed E-state index contributed by atoms with van der Waals surface area (Å²) in [7, 11) is 3.39.